The van der Waals surface area contributed by atoms with Gasteiger partial charge in [-0.2, -0.15) is 0 Å². The average Bonchev–Trinajstić information content (AvgIpc) is 2.32. The van der Waals surface area contributed by atoms with E-state index in [1.165, 1.54) is 38.1 Å². The van der Waals surface area contributed by atoms with Crippen LogP contribution in [0.3, 0.4) is 0 Å². The molecule has 1 aromatic rings. The molecule has 2 rings (SSSR count). The molecule has 0 saturated heterocycles. The standard InChI is InChI=1S/C14H22FN3/c1-18(10-11-3-2-4-11)8-7-13(16)14-6-5-12(15)9-17-14/h5-6,9,11,13H,2-4,7-8,10,16H2,1H3. The van der Waals surface area contributed by atoms with Gasteiger partial charge >= 0.3 is 0 Å². The van der Waals surface area contributed by atoms with Crippen LogP contribution in [0, 0.1) is 11.7 Å². The highest BCUT2D eigenvalue weighted by atomic mass is 19.1. The first-order valence-electron chi connectivity index (χ1n) is 6.70. The van der Waals surface area contributed by atoms with Crippen molar-refractivity contribution in [2.45, 2.75) is 31.7 Å². The van der Waals surface area contributed by atoms with Crippen LogP contribution in [-0.2, 0) is 0 Å². The summed E-state index contributed by atoms with van der Waals surface area (Å²) < 4.78 is 12.7. The zero-order valence-electron chi connectivity index (χ0n) is 11.0. The van der Waals surface area contributed by atoms with Gasteiger partial charge in [0.05, 0.1) is 11.9 Å². The fourth-order valence-electron chi connectivity index (χ4n) is 2.32. The number of nitrogens with two attached hydrogens (primary N) is 1. The van der Waals surface area contributed by atoms with E-state index in [0.717, 1.165) is 24.6 Å². The molecule has 4 heteroatoms. The Hall–Kier alpha value is -1.00. The number of hydrogen-bond acceptors (Lipinski definition) is 3. The summed E-state index contributed by atoms with van der Waals surface area (Å²) in [7, 11) is 2.14. The predicted octanol–water partition coefficient (Wildman–Crippen LogP) is 2.34. The maximum Gasteiger partial charge on any atom is 0.141 e. The van der Waals surface area contributed by atoms with Gasteiger partial charge in [0.15, 0.2) is 0 Å². The molecule has 1 unspecified atom stereocenters. The third-order valence-corrected chi connectivity index (χ3v) is 3.75. The lowest BCUT2D eigenvalue weighted by Gasteiger charge is -2.30. The molecule has 100 valence electrons. The summed E-state index contributed by atoms with van der Waals surface area (Å²) in [5.74, 6) is 0.572. The molecule has 1 fully saturated rings. The number of halogens is 1. The molecule has 0 amide bonds. The minimum Gasteiger partial charge on any atom is -0.323 e. The fourth-order valence-corrected chi connectivity index (χ4v) is 2.32. The quantitative estimate of drug-likeness (QED) is 0.844. The molecular weight excluding hydrogens is 229 g/mol. The molecule has 18 heavy (non-hydrogen) atoms. The average molecular weight is 251 g/mol. The Labute approximate surface area is 108 Å². The molecule has 1 aliphatic carbocycles. The van der Waals surface area contributed by atoms with E-state index in [9.17, 15) is 4.39 Å². The van der Waals surface area contributed by atoms with Gasteiger partial charge in [-0.1, -0.05) is 6.42 Å². The van der Waals surface area contributed by atoms with Gasteiger partial charge in [-0.15, -0.1) is 0 Å². The summed E-state index contributed by atoms with van der Waals surface area (Å²) in [5, 5.41) is 0. The number of aromatic nitrogens is 1. The van der Waals surface area contributed by atoms with Gasteiger partial charge in [0.1, 0.15) is 5.82 Å². The first-order valence-corrected chi connectivity index (χ1v) is 6.70. The third kappa shape index (κ3) is 3.75. The van der Waals surface area contributed by atoms with Crippen LogP contribution in [0.2, 0.25) is 0 Å². The lowest BCUT2D eigenvalue weighted by Crippen LogP contribution is -2.31. The van der Waals surface area contributed by atoms with Crippen molar-refractivity contribution in [1.82, 2.24) is 9.88 Å². The Morgan fingerprint density at radius 3 is 2.83 bits per heavy atom. The van der Waals surface area contributed by atoms with Crippen molar-refractivity contribution in [2.75, 3.05) is 20.1 Å². The van der Waals surface area contributed by atoms with Crippen molar-refractivity contribution in [1.29, 1.82) is 0 Å². The number of pyridine rings is 1. The van der Waals surface area contributed by atoms with Gasteiger partial charge < -0.3 is 10.6 Å². The van der Waals surface area contributed by atoms with E-state index in [-0.39, 0.29) is 11.9 Å². The zero-order chi connectivity index (χ0) is 13.0. The lowest BCUT2D eigenvalue weighted by molar-refractivity contribution is 0.201. The summed E-state index contributed by atoms with van der Waals surface area (Å²) in [4.78, 5) is 6.37. The van der Waals surface area contributed by atoms with E-state index >= 15 is 0 Å². The summed E-state index contributed by atoms with van der Waals surface area (Å²) >= 11 is 0. The topological polar surface area (TPSA) is 42.1 Å². The molecule has 0 aliphatic heterocycles. The van der Waals surface area contributed by atoms with E-state index in [1.54, 1.807) is 6.07 Å². The normalized spacial score (nSPS) is 17.8. The van der Waals surface area contributed by atoms with E-state index in [4.69, 9.17) is 5.73 Å². The second-order valence-electron chi connectivity index (χ2n) is 5.36. The van der Waals surface area contributed by atoms with E-state index in [1.807, 2.05) is 0 Å². The van der Waals surface area contributed by atoms with Crippen LogP contribution in [0.1, 0.15) is 37.4 Å². The van der Waals surface area contributed by atoms with Crippen LogP contribution in [-0.4, -0.2) is 30.0 Å². The monoisotopic (exact) mass is 251 g/mol. The maximum absolute atomic E-state index is 12.7. The number of hydrogen-bond donors (Lipinski definition) is 1. The van der Waals surface area contributed by atoms with Crippen molar-refractivity contribution < 1.29 is 4.39 Å². The molecule has 1 heterocycles. The van der Waals surface area contributed by atoms with Crippen LogP contribution in [0.15, 0.2) is 18.3 Å². The second-order valence-corrected chi connectivity index (χ2v) is 5.36. The Morgan fingerprint density at radius 2 is 2.28 bits per heavy atom. The predicted molar refractivity (Wildman–Crippen MR) is 70.6 cm³/mol. The molecule has 3 nitrogen and oxygen atoms in total. The Bertz CT molecular complexity index is 362. The number of nitrogens with zero attached hydrogens (tertiary/aromatic N) is 2. The van der Waals surface area contributed by atoms with Gasteiger partial charge in [-0.05, 0) is 50.9 Å². The molecule has 1 aliphatic rings. The van der Waals surface area contributed by atoms with Crippen molar-refractivity contribution in [3.05, 3.63) is 29.8 Å². The van der Waals surface area contributed by atoms with Crippen LogP contribution < -0.4 is 5.73 Å². The second kappa shape index (κ2) is 6.25. The Balaban J connectivity index is 1.73. The fraction of sp³-hybridized carbons (Fsp3) is 0.643. The Morgan fingerprint density at radius 1 is 1.50 bits per heavy atom. The van der Waals surface area contributed by atoms with Gasteiger partial charge in [-0.3, -0.25) is 4.98 Å². The van der Waals surface area contributed by atoms with Crippen LogP contribution in [0.25, 0.3) is 0 Å². The van der Waals surface area contributed by atoms with Crippen molar-refractivity contribution in [3.8, 4) is 0 Å². The summed E-state index contributed by atoms with van der Waals surface area (Å²) in [6.07, 6.45) is 6.22. The van der Waals surface area contributed by atoms with Crippen molar-refractivity contribution in [3.63, 3.8) is 0 Å². The highest BCUT2D eigenvalue weighted by Gasteiger charge is 2.19. The largest absolute Gasteiger partial charge is 0.323 e. The number of rotatable bonds is 6. The summed E-state index contributed by atoms with van der Waals surface area (Å²) in [6, 6.07) is 2.99. The van der Waals surface area contributed by atoms with Crippen LogP contribution in [0.4, 0.5) is 4.39 Å². The van der Waals surface area contributed by atoms with Crippen molar-refractivity contribution in [2.24, 2.45) is 11.7 Å². The highest BCUT2D eigenvalue weighted by molar-refractivity contribution is 5.09. The molecule has 0 radical (unpaired) electrons. The van der Waals surface area contributed by atoms with Gasteiger partial charge in [0.2, 0.25) is 0 Å². The first-order chi connectivity index (χ1) is 8.65. The van der Waals surface area contributed by atoms with Gasteiger partial charge in [0, 0.05) is 12.6 Å². The van der Waals surface area contributed by atoms with E-state index in [2.05, 4.69) is 16.9 Å². The molecule has 0 spiro atoms. The molecule has 1 atom stereocenters. The summed E-state index contributed by atoms with van der Waals surface area (Å²) in [5.41, 5.74) is 6.83. The third-order valence-electron chi connectivity index (χ3n) is 3.75. The van der Waals surface area contributed by atoms with Crippen molar-refractivity contribution >= 4 is 0 Å². The van der Waals surface area contributed by atoms with E-state index < -0.39 is 0 Å². The highest BCUT2D eigenvalue weighted by Crippen LogP contribution is 2.26. The zero-order valence-corrected chi connectivity index (χ0v) is 11.0. The van der Waals surface area contributed by atoms with E-state index in [0.29, 0.717) is 0 Å². The minimum atomic E-state index is -0.312. The molecule has 1 saturated carbocycles. The van der Waals surface area contributed by atoms with Crippen LogP contribution in [0.5, 0.6) is 0 Å². The molecule has 1 aromatic heterocycles. The minimum absolute atomic E-state index is 0.102. The molecule has 2 N–H and O–H groups in total. The van der Waals surface area contributed by atoms with Gasteiger partial charge in [0.25, 0.3) is 0 Å². The van der Waals surface area contributed by atoms with Crippen LogP contribution >= 0.6 is 0 Å². The molecular formula is C14H22FN3. The smallest absolute Gasteiger partial charge is 0.141 e. The Kier molecular flexibility index (Phi) is 4.66. The maximum atomic E-state index is 12.7. The summed E-state index contributed by atoms with van der Waals surface area (Å²) in [6.45, 7) is 2.14. The van der Waals surface area contributed by atoms with Gasteiger partial charge in [-0.25, -0.2) is 4.39 Å². The SMILES string of the molecule is CN(CCC(N)c1ccc(F)cn1)CC1CCC1. The lowest BCUT2D eigenvalue weighted by atomic mass is 9.85. The molecule has 0 bridgehead atoms. The molecule has 0 aromatic carbocycles. The first kappa shape index (κ1) is 13.4.